The molecule has 4 nitrogen and oxygen atoms in total. The maximum Gasteiger partial charge on any atom is 0.251 e. The first-order valence-corrected chi connectivity index (χ1v) is 8.13. The number of hydrogen-bond donors (Lipinski definition) is 2. The van der Waals surface area contributed by atoms with E-state index >= 15 is 0 Å². The van der Waals surface area contributed by atoms with Crippen LogP contribution in [-0.4, -0.2) is 24.7 Å². The van der Waals surface area contributed by atoms with Gasteiger partial charge < -0.3 is 15.2 Å². The highest BCUT2D eigenvalue weighted by atomic mass is 32.1. The van der Waals surface area contributed by atoms with E-state index in [1.807, 2.05) is 29.6 Å². The summed E-state index contributed by atoms with van der Waals surface area (Å²) in [5, 5.41) is 16.1. The first kappa shape index (κ1) is 15.5. The summed E-state index contributed by atoms with van der Waals surface area (Å²) >= 11 is 1.59. The molecule has 1 amide bonds. The SMILES string of the molecule is COc1ccc(C(=O)NCC(O)c2csc3ccccc23)cc1. The van der Waals surface area contributed by atoms with Crippen molar-refractivity contribution in [2.75, 3.05) is 13.7 Å². The number of methoxy groups -OCH3 is 1. The second kappa shape index (κ2) is 6.81. The second-order valence-corrected chi connectivity index (χ2v) is 6.05. The molecule has 0 aliphatic heterocycles. The maximum absolute atomic E-state index is 12.1. The predicted octanol–water partition coefficient (Wildman–Crippen LogP) is 3.37. The molecule has 1 heterocycles. The van der Waals surface area contributed by atoms with Crippen molar-refractivity contribution in [2.24, 2.45) is 0 Å². The summed E-state index contributed by atoms with van der Waals surface area (Å²) in [6, 6.07) is 14.8. The molecule has 0 aliphatic carbocycles. The summed E-state index contributed by atoms with van der Waals surface area (Å²) in [6.07, 6.45) is -0.728. The van der Waals surface area contributed by atoms with Crippen LogP contribution in [0.2, 0.25) is 0 Å². The Morgan fingerprint density at radius 3 is 2.70 bits per heavy atom. The Morgan fingerprint density at radius 1 is 1.22 bits per heavy atom. The molecule has 2 aromatic carbocycles. The van der Waals surface area contributed by atoms with E-state index in [2.05, 4.69) is 5.32 Å². The third-order valence-electron chi connectivity index (χ3n) is 3.68. The lowest BCUT2D eigenvalue weighted by Crippen LogP contribution is -2.28. The Labute approximate surface area is 138 Å². The Bertz CT molecular complexity index is 811. The highest BCUT2D eigenvalue weighted by Crippen LogP contribution is 2.29. The first-order valence-electron chi connectivity index (χ1n) is 7.25. The number of aliphatic hydroxyl groups is 1. The van der Waals surface area contributed by atoms with Crippen molar-refractivity contribution in [3.8, 4) is 5.75 Å². The molecule has 0 radical (unpaired) electrons. The molecule has 0 bridgehead atoms. The van der Waals surface area contributed by atoms with Crippen LogP contribution in [0.1, 0.15) is 22.0 Å². The van der Waals surface area contributed by atoms with Gasteiger partial charge in [-0.15, -0.1) is 11.3 Å². The smallest absolute Gasteiger partial charge is 0.251 e. The molecule has 3 aromatic rings. The number of nitrogens with one attached hydrogen (secondary N) is 1. The topological polar surface area (TPSA) is 58.6 Å². The predicted molar refractivity (Wildman–Crippen MR) is 92.1 cm³/mol. The van der Waals surface area contributed by atoms with Crippen molar-refractivity contribution in [3.05, 3.63) is 65.0 Å². The molecule has 23 heavy (non-hydrogen) atoms. The molecule has 0 saturated carbocycles. The third kappa shape index (κ3) is 3.36. The van der Waals surface area contributed by atoms with E-state index in [0.717, 1.165) is 15.6 Å². The summed E-state index contributed by atoms with van der Waals surface area (Å²) in [7, 11) is 1.58. The third-order valence-corrected chi connectivity index (χ3v) is 4.66. The fourth-order valence-corrected chi connectivity index (χ4v) is 3.41. The molecule has 0 aliphatic rings. The molecule has 1 unspecified atom stereocenters. The summed E-state index contributed by atoms with van der Waals surface area (Å²) < 4.78 is 6.19. The van der Waals surface area contributed by atoms with Crippen LogP contribution in [0.4, 0.5) is 0 Å². The fourth-order valence-electron chi connectivity index (χ4n) is 2.40. The van der Waals surface area contributed by atoms with E-state index < -0.39 is 6.10 Å². The maximum atomic E-state index is 12.1. The summed E-state index contributed by atoms with van der Waals surface area (Å²) in [4.78, 5) is 12.1. The van der Waals surface area contributed by atoms with Gasteiger partial charge in [-0.3, -0.25) is 4.79 Å². The van der Waals surface area contributed by atoms with Crippen LogP contribution >= 0.6 is 11.3 Å². The molecule has 5 heteroatoms. The van der Waals surface area contributed by atoms with E-state index in [-0.39, 0.29) is 12.5 Å². The number of aliphatic hydroxyl groups excluding tert-OH is 1. The zero-order valence-electron chi connectivity index (χ0n) is 12.7. The average Bonchev–Trinajstić information content (AvgIpc) is 3.03. The van der Waals surface area contributed by atoms with Gasteiger partial charge in [-0.1, -0.05) is 18.2 Å². The number of amides is 1. The first-order chi connectivity index (χ1) is 11.2. The number of carbonyl (C=O) groups excluding carboxylic acids is 1. The number of fused-ring (bicyclic) bond motifs is 1. The number of ether oxygens (including phenoxy) is 1. The van der Waals surface area contributed by atoms with Crippen molar-refractivity contribution in [2.45, 2.75) is 6.10 Å². The van der Waals surface area contributed by atoms with Crippen LogP contribution in [0, 0.1) is 0 Å². The Kier molecular flexibility index (Phi) is 4.60. The minimum absolute atomic E-state index is 0.172. The number of hydrogen-bond acceptors (Lipinski definition) is 4. The van der Waals surface area contributed by atoms with E-state index in [4.69, 9.17) is 4.74 Å². The van der Waals surface area contributed by atoms with Gasteiger partial charge in [-0.25, -0.2) is 0 Å². The quantitative estimate of drug-likeness (QED) is 0.755. The number of rotatable bonds is 5. The Hall–Kier alpha value is -2.37. The largest absolute Gasteiger partial charge is 0.497 e. The van der Waals surface area contributed by atoms with Crippen LogP contribution in [-0.2, 0) is 0 Å². The Balaban J connectivity index is 1.66. The van der Waals surface area contributed by atoms with Gasteiger partial charge in [-0.05, 0) is 41.1 Å². The van der Waals surface area contributed by atoms with Crippen LogP contribution in [0.3, 0.4) is 0 Å². The van der Waals surface area contributed by atoms with E-state index in [1.54, 1.807) is 42.7 Å². The molecule has 0 saturated heterocycles. The zero-order valence-corrected chi connectivity index (χ0v) is 13.5. The van der Waals surface area contributed by atoms with Gasteiger partial charge in [-0.2, -0.15) is 0 Å². The number of benzene rings is 2. The van der Waals surface area contributed by atoms with E-state index in [0.29, 0.717) is 11.3 Å². The van der Waals surface area contributed by atoms with Gasteiger partial charge in [0.05, 0.1) is 13.2 Å². The summed E-state index contributed by atoms with van der Waals surface area (Å²) in [6.45, 7) is 0.172. The highest BCUT2D eigenvalue weighted by Gasteiger charge is 2.14. The summed E-state index contributed by atoms with van der Waals surface area (Å²) in [5.74, 6) is 0.484. The zero-order chi connectivity index (χ0) is 16.2. The normalized spacial score (nSPS) is 12.1. The second-order valence-electron chi connectivity index (χ2n) is 5.14. The molecule has 0 spiro atoms. The summed E-state index contributed by atoms with van der Waals surface area (Å²) in [5.41, 5.74) is 1.38. The Morgan fingerprint density at radius 2 is 1.96 bits per heavy atom. The minimum atomic E-state index is -0.728. The fraction of sp³-hybridized carbons (Fsp3) is 0.167. The van der Waals surface area contributed by atoms with Crippen molar-refractivity contribution >= 4 is 27.3 Å². The van der Waals surface area contributed by atoms with Crippen molar-refractivity contribution in [1.82, 2.24) is 5.32 Å². The van der Waals surface area contributed by atoms with Gasteiger partial charge in [0.1, 0.15) is 5.75 Å². The minimum Gasteiger partial charge on any atom is -0.497 e. The highest BCUT2D eigenvalue weighted by molar-refractivity contribution is 7.17. The van der Waals surface area contributed by atoms with Crippen LogP contribution in [0.5, 0.6) is 5.75 Å². The van der Waals surface area contributed by atoms with Gasteiger partial charge in [0.15, 0.2) is 0 Å². The van der Waals surface area contributed by atoms with Gasteiger partial charge in [0.2, 0.25) is 0 Å². The molecule has 1 atom stereocenters. The van der Waals surface area contributed by atoms with Crippen molar-refractivity contribution in [1.29, 1.82) is 0 Å². The number of thiophene rings is 1. The molecule has 1 aromatic heterocycles. The lowest BCUT2D eigenvalue weighted by molar-refractivity contribution is 0.0917. The van der Waals surface area contributed by atoms with Gasteiger partial charge >= 0.3 is 0 Å². The monoisotopic (exact) mass is 327 g/mol. The van der Waals surface area contributed by atoms with E-state index in [1.165, 1.54) is 0 Å². The molecule has 118 valence electrons. The van der Waals surface area contributed by atoms with Crippen LogP contribution < -0.4 is 10.1 Å². The van der Waals surface area contributed by atoms with Gasteiger partial charge in [0, 0.05) is 22.4 Å². The average molecular weight is 327 g/mol. The van der Waals surface area contributed by atoms with Crippen molar-refractivity contribution in [3.63, 3.8) is 0 Å². The molecule has 2 N–H and O–H groups in total. The molecular formula is C18H17NO3S. The molecule has 3 rings (SSSR count). The van der Waals surface area contributed by atoms with Crippen LogP contribution in [0.25, 0.3) is 10.1 Å². The van der Waals surface area contributed by atoms with E-state index in [9.17, 15) is 9.90 Å². The lowest BCUT2D eigenvalue weighted by Gasteiger charge is -2.12. The molecular weight excluding hydrogens is 310 g/mol. The number of carbonyl (C=O) groups is 1. The van der Waals surface area contributed by atoms with Gasteiger partial charge in [0.25, 0.3) is 5.91 Å². The van der Waals surface area contributed by atoms with Crippen LogP contribution in [0.15, 0.2) is 53.9 Å². The standard InChI is InChI=1S/C18H17NO3S/c1-22-13-8-6-12(7-9-13)18(21)19-10-16(20)15-11-23-17-5-3-2-4-14(15)17/h2-9,11,16,20H,10H2,1H3,(H,19,21). The molecule has 0 fully saturated rings. The lowest BCUT2D eigenvalue weighted by atomic mass is 10.1. The van der Waals surface area contributed by atoms with Crippen molar-refractivity contribution < 1.29 is 14.6 Å².